The van der Waals surface area contributed by atoms with E-state index in [0.717, 1.165) is 38.1 Å². The van der Waals surface area contributed by atoms with Crippen LogP contribution in [0.25, 0.3) is 0 Å². The van der Waals surface area contributed by atoms with Gasteiger partial charge in [-0.15, -0.1) is 24.0 Å². The number of hydrogen-bond acceptors (Lipinski definition) is 3. The lowest BCUT2D eigenvalue weighted by atomic mass is 9.64. The standard InChI is InChI=1S/C20H41N5.HI/c1-5-21-19(23-17-20(8-7-9-20)16-18(3)4)22-10-11-25-14-12-24(6-2)13-15-25;/h18H,5-17H2,1-4H3,(H2,21,22,23);1H. The number of guanidine groups is 1. The molecular formula is C20H42IN5. The van der Waals surface area contributed by atoms with Crippen molar-refractivity contribution in [1.29, 1.82) is 0 Å². The minimum absolute atomic E-state index is 0. The number of rotatable bonds is 9. The first-order chi connectivity index (χ1) is 12.1. The summed E-state index contributed by atoms with van der Waals surface area (Å²) in [5.41, 5.74) is 0.479. The molecule has 1 aliphatic heterocycles. The van der Waals surface area contributed by atoms with E-state index in [2.05, 4.69) is 48.1 Å². The molecule has 0 unspecified atom stereocenters. The fourth-order valence-electron chi connectivity index (χ4n) is 4.22. The monoisotopic (exact) mass is 479 g/mol. The molecule has 2 aliphatic rings. The lowest BCUT2D eigenvalue weighted by Crippen LogP contribution is -2.49. The van der Waals surface area contributed by atoms with Crippen LogP contribution in [0.15, 0.2) is 4.99 Å². The number of aliphatic imine (C=N–C) groups is 1. The molecule has 0 spiro atoms. The van der Waals surface area contributed by atoms with E-state index in [1.807, 2.05) is 0 Å². The molecule has 0 aromatic heterocycles. The molecule has 0 aromatic rings. The molecule has 1 heterocycles. The lowest BCUT2D eigenvalue weighted by molar-refractivity contribution is 0.111. The van der Waals surface area contributed by atoms with E-state index in [4.69, 9.17) is 4.99 Å². The van der Waals surface area contributed by atoms with Crippen LogP contribution in [0.2, 0.25) is 0 Å². The Balaban J connectivity index is 0.00000338. The summed E-state index contributed by atoms with van der Waals surface area (Å²) in [6, 6.07) is 0. The van der Waals surface area contributed by atoms with Crippen molar-refractivity contribution in [2.24, 2.45) is 16.3 Å². The lowest BCUT2D eigenvalue weighted by Gasteiger charge is -2.42. The van der Waals surface area contributed by atoms with E-state index >= 15 is 0 Å². The number of hydrogen-bond donors (Lipinski definition) is 2. The first-order valence-corrected chi connectivity index (χ1v) is 10.5. The van der Waals surface area contributed by atoms with Crippen LogP contribution >= 0.6 is 24.0 Å². The van der Waals surface area contributed by atoms with Crippen LogP contribution in [0.5, 0.6) is 0 Å². The quantitative estimate of drug-likeness (QED) is 0.303. The van der Waals surface area contributed by atoms with Crippen molar-refractivity contribution in [3.63, 3.8) is 0 Å². The molecule has 0 amide bonds. The van der Waals surface area contributed by atoms with Gasteiger partial charge in [0.2, 0.25) is 0 Å². The van der Waals surface area contributed by atoms with E-state index in [1.54, 1.807) is 0 Å². The molecule has 154 valence electrons. The summed E-state index contributed by atoms with van der Waals surface area (Å²) in [4.78, 5) is 10.0. The SMILES string of the molecule is CCNC(=NCC1(CC(C)C)CCC1)NCCN1CCN(CC)CC1.I. The molecule has 2 fully saturated rings. The maximum absolute atomic E-state index is 4.94. The highest BCUT2D eigenvalue weighted by atomic mass is 127. The van der Waals surface area contributed by atoms with Crippen molar-refractivity contribution in [3.05, 3.63) is 0 Å². The summed E-state index contributed by atoms with van der Waals surface area (Å²) in [5, 5.41) is 6.97. The summed E-state index contributed by atoms with van der Waals surface area (Å²) >= 11 is 0. The van der Waals surface area contributed by atoms with Gasteiger partial charge >= 0.3 is 0 Å². The fourth-order valence-corrected chi connectivity index (χ4v) is 4.22. The van der Waals surface area contributed by atoms with Crippen LogP contribution in [0, 0.1) is 11.3 Å². The summed E-state index contributed by atoms with van der Waals surface area (Å²) in [6.45, 7) is 19.1. The molecule has 1 saturated carbocycles. The minimum Gasteiger partial charge on any atom is -0.357 e. The third-order valence-corrected chi connectivity index (χ3v) is 5.80. The van der Waals surface area contributed by atoms with Crippen LogP contribution < -0.4 is 10.6 Å². The predicted molar refractivity (Wildman–Crippen MR) is 124 cm³/mol. The largest absolute Gasteiger partial charge is 0.357 e. The first kappa shape index (κ1) is 24.0. The van der Waals surface area contributed by atoms with Crippen molar-refractivity contribution in [3.8, 4) is 0 Å². The van der Waals surface area contributed by atoms with Crippen LogP contribution in [-0.4, -0.2) is 74.7 Å². The van der Waals surface area contributed by atoms with E-state index in [1.165, 1.54) is 58.4 Å². The third kappa shape index (κ3) is 7.89. The smallest absolute Gasteiger partial charge is 0.191 e. The highest BCUT2D eigenvalue weighted by Gasteiger charge is 2.37. The third-order valence-electron chi connectivity index (χ3n) is 5.80. The van der Waals surface area contributed by atoms with Gasteiger partial charge in [0, 0.05) is 52.4 Å². The zero-order valence-electron chi connectivity index (χ0n) is 17.5. The van der Waals surface area contributed by atoms with Crippen LogP contribution in [-0.2, 0) is 0 Å². The molecule has 0 bridgehead atoms. The zero-order chi connectivity index (χ0) is 18.1. The number of nitrogens with zero attached hydrogens (tertiary/aromatic N) is 3. The molecular weight excluding hydrogens is 437 g/mol. The Kier molecular flexibility index (Phi) is 11.4. The molecule has 0 atom stereocenters. The molecule has 0 aromatic carbocycles. The molecule has 1 aliphatic carbocycles. The van der Waals surface area contributed by atoms with Crippen LogP contribution in [0.3, 0.4) is 0 Å². The van der Waals surface area contributed by atoms with Crippen molar-refractivity contribution in [2.75, 3.05) is 58.9 Å². The highest BCUT2D eigenvalue weighted by molar-refractivity contribution is 14.0. The van der Waals surface area contributed by atoms with Gasteiger partial charge in [0.05, 0.1) is 0 Å². The second-order valence-corrected chi connectivity index (χ2v) is 8.35. The number of piperazine rings is 1. The Morgan fingerprint density at radius 3 is 2.19 bits per heavy atom. The number of halogens is 1. The average molecular weight is 479 g/mol. The molecule has 26 heavy (non-hydrogen) atoms. The Bertz CT molecular complexity index is 401. The van der Waals surface area contributed by atoms with Gasteiger partial charge in [-0.05, 0) is 44.1 Å². The molecule has 2 rings (SSSR count). The van der Waals surface area contributed by atoms with Gasteiger partial charge in [-0.1, -0.05) is 27.2 Å². The first-order valence-electron chi connectivity index (χ1n) is 10.5. The maximum atomic E-state index is 4.94. The van der Waals surface area contributed by atoms with Crippen LogP contribution in [0.4, 0.5) is 0 Å². The summed E-state index contributed by atoms with van der Waals surface area (Å²) in [7, 11) is 0. The Morgan fingerprint density at radius 1 is 1.04 bits per heavy atom. The topological polar surface area (TPSA) is 42.9 Å². The molecule has 1 saturated heterocycles. The summed E-state index contributed by atoms with van der Waals surface area (Å²) in [6.07, 6.45) is 5.42. The van der Waals surface area contributed by atoms with E-state index < -0.39 is 0 Å². The van der Waals surface area contributed by atoms with Gasteiger partial charge in [-0.25, -0.2) is 0 Å². The Morgan fingerprint density at radius 2 is 1.69 bits per heavy atom. The van der Waals surface area contributed by atoms with Crippen molar-refractivity contribution in [2.45, 2.75) is 53.4 Å². The summed E-state index contributed by atoms with van der Waals surface area (Å²) < 4.78 is 0. The zero-order valence-corrected chi connectivity index (χ0v) is 19.8. The molecule has 0 radical (unpaired) electrons. The average Bonchev–Trinajstić information content (AvgIpc) is 2.57. The van der Waals surface area contributed by atoms with Crippen molar-refractivity contribution in [1.82, 2.24) is 20.4 Å². The van der Waals surface area contributed by atoms with Crippen molar-refractivity contribution < 1.29 is 0 Å². The van der Waals surface area contributed by atoms with Crippen LogP contribution in [0.1, 0.15) is 53.4 Å². The summed E-state index contributed by atoms with van der Waals surface area (Å²) in [5.74, 6) is 1.78. The predicted octanol–water partition coefficient (Wildman–Crippen LogP) is 3.01. The molecule has 6 heteroatoms. The van der Waals surface area contributed by atoms with Crippen molar-refractivity contribution >= 4 is 29.9 Å². The number of likely N-dealkylation sites (N-methyl/N-ethyl adjacent to an activating group) is 1. The molecule has 2 N–H and O–H groups in total. The minimum atomic E-state index is 0. The Hall–Kier alpha value is -0.0800. The maximum Gasteiger partial charge on any atom is 0.191 e. The Labute approximate surface area is 178 Å². The van der Waals surface area contributed by atoms with E-state index in [9.17, 15) is 0 Å². The van der Waals surface area contributed by atoms with Gasteiger partial charge in [0.25, 0.3) is 0 Å². The van der Waals surface area contributed by atoms with Gasteiger partial charge in [-0.3, -0.25) is 9.89 Å². The molecule has 5 nitrogen and oxygen atoms in total. The number of nitrogens with one attached hydrogen (secondary N) is 2. The van der Waals surface area contributed by atoms with E-state index in [0.29, 0.717) is 5.41 Å². The van der Waals surface area contributed by atoms with Gasteiger partial charge in [0.1, 0.15) is 0 Å². The van der Waals surface area contributed by atoms with Gasteiger partial charge < -0.3 is 15.5 Å². The highest BCUT2D eigenvalue weighted by Crippen LogP contribution is 2.46. The second-order valence-electron chi connectivity index (χ2n) is 8.35. The van der Waals surface area contributed by atoms with Gasteiger partial charge in [-0.2, -0.15) is 0 Å². The van der Waals surface area contributed by atoms with E-state index in [-0.39, 0.29) is 24.0 Å². The second kappa shape index (κ2) is 12.4. The van der Waals surface area contributed by atoms with Gasteiger partial charge in [0.15, 0.2) is 5.96 Å². The normalized spacial score (nSPS) is 21.2. The fraction of sp³-hybridized carbons (Fsp3) is 0.950.